The van der Waals surface area contributed by atoms with Crippen molar-refractivity contribution in [2.45, 2.75) is 51.2 Å². The minimum Gasteiger partial charge on any atom is -0.444 e. The summed E-state index contributed by atoms with van der Waals surface area (Å²) in [5.74, 6) is 0.240. The highest BCUT2D eigenvalue weighted by atomic mass is 16.6. The number of rotatable bonds is 4. The van der Waals surface area contributed by atoms with Crippen molar-refractivity contribution in [3.63, 3.8) is 0 Å². The second-order valence-electron chi connectivity index (χ2n) is 7.20. The SMILES string of the molecule is CN(C(=O)OC(C)(C)C)C(C=O)c1cn(C)nc1C1CCOCC1. The van der Waals surface area contributed by atoms with Gasteiger partial charge < -0.3 is 14.3 Å². The summed E-state index contributed by atoms with van der Waals surface area (Å²) in [6, 6.07) is -0.716. The van der Waals surface area contributed by atoms with Gasteiger partial charge in [0.05, 0.1) is 5.69 Å². The number of nitrogens with zero attached hydrogens (tertiary/aromatic N) is 3. The van der Waals surface area contributed by atoms with Crippen molar-refractivity contribution in [1.29, 1.82) is 0 Å². The summed E-state index contributed by atoms with van der Waals surface area (Å²) in [7, 11) is 3.40. The molecule has 7 heteroatoms. The van der Waals surface area contributed by atoms with Crippen LogP contribution in [0.15, 0.2) is 6.20 Å². The van der Waals surface area contributed by atoms with Crippen molar-refractivity contribution < 1.29 is 19.1 Å². The minimum absolute atomic E-state index is 0.240. The van der Waals surface area contributed by atoms with Gasteiger partial charge in [0.15, 0.2) is 0 Å². The van der Waals surface area contributed by atoms with Crippen molar-refractivity contribution in [2.75, 3.05) is 20.3 Å². The number of likely N-dealkylation sites (N-methyl/N-ethyl adjacent to an activating group) is 1. The van der Waals surface area contributed by atoms with Gasteiger partial charge in [-0.25, -0.2) is 4.79 Å². The van der Waals surface area contributed by atoms with E-state index in [1.165, 1.54) is 4.90 Å². The highest BCUT2D eigenvalue weighted by molar-refractivity contribution is 5.75. The quantitative estimate of drug-likeness (QED) is 0.789. The van der Waals surface area contributed by atoms with E-state index < -0.39 is 17.7 Å². The first-order chi connectivity index (χ1) is 11.2. The van der Waals surface area contributed by atoms with Gasteiger partial charge in [-0.05, 0) is 33.6 Å². The third-order valence-corrected chi connectivity index (χ3v) is 4.04. The van der Waals surface area contributed by atoms with E-state index in [0.29, 0.717) is 13.2 Å². The Hall–Kier alpha value is -1.89. The Morgan fingerprint density at radius 1 is 1.46 bits per heavy atom. The molecule has 1 amide bonds. The van der Waals surface area contributed by atoms with Gasteiger partial charge in [-0.1, -0.05) is 0 Å². The molecule has 1 atom stereocenters. The molecular weight excluding hydrogens is 310 g/mol. The number of aromatic nitrogens is 2. The van der Waals surface area contributed by atoms with Crippen LogP contribution in [0.25, 0.3) is 0 Å². The van der Waals surface area contributed by atoms with Crippen molar-refractivity contribution in [3.8, 4) is 0 Å². The molecule has 1 aromatic heterocycles. The van der Waals surface area contributed by atoms with Gasteiger partial charge in [-0.15, -0.1) is 0 Å². The van der Waals surface area contributed by atoms with Crippen LogP contribution in [0.1, 0.15) is 56.8 Å². The van der Waals surface area contributed by atoms with E-state index >= 15 is 0 Å². The maximum Gasteiger partial charge on any atom is 0.410 e. The van der Waals surface area contributed by atoms with Crippen LogP contribution in [0.5, 0.6) is 0 Å². The second-order valence-corrected chi connectivity index (χ2v) is 7.20. The highest BCUT2D eigenvalue weighted by Gasteiger charge is 2.31. The van der Waals surface area contributed by atoms with Crippen LogP contribution < -0.4 is 0 Å². The zero-order valence-corrected chi connectivity index (χ0v) is 15.1. The van der Waals surface area contributed by atoms with Crippen molar-refractivity contribution in [3.05, 3.63) is 17.5 Å². The fraction of sp³-hybridized carbons (Fsp3) is 0.706. The molecule has 0 aliphatic carbocycles. The predicted octanol–water partition coefficient (Wildman–Crippen LogP) is 2.42. The van der Waals surface area contributed by atoms with E-state index in [1.807, 2.05) is 13.2 Å². The van der Waals surface area contributed by atoms with E-state index in [9.17, 15) is 9.59 Å². The largest absolute Gasteiger partial charge is 0.444 e. The lowest BCUT2D eigenvalue weighted by Crippen LogP contribution is -2.37. The van der Waals surface area contributed by atoms with Crippen LogP contribution in [-0.4, -0.2) is 52.9 Å². The molecule has 1 aromatic rings. The molecule has 0 bridgehead atoms. The number of amides is 1. The zero-order chi connectivity index (χ0) is 17.9. The predicted molar refractivity (Wildman–Crippen MR) is 88.8 cm³/mol. The standard InChI is InChI=1S/C17H27N3O4/c1-17(2,3)24-16(22)20(5)14(11-21)13-10-19(4)18-15(13)12-6-8-23-9-7-12/h10-12,14H,6-9H2,1-5H3. The van der Waals surface area contributed by atoms with E-state index in [2.05, 4.69) is 5.10 Å². The molecule has 1 saturated heterocycles. The van der Waals surface area contributed by atoms with Gasteiger partial charge in [-0.3, -0.25) is 9.58 Å². The van der Waals surface area contributed by atoms with Gasteiger partial charge in [0.1, 0.15) is 17.9 Å². The Kier molecular flexibility index (Phi) is 5.64. The van der Waals surface area contributed by atoms with Crippen LogP contribution >= 0.6 is 0 Å². The van der Waals surface area contributed by atoms with Crippen LogP contribution in [0, 0.1) is 0 Å². The molecule has 2 rings (SSSR count). The maximum absolute atomic E-state index is 12.3. The molecule has 0 radical (unpaired) electrons. The Bertz CT molecular complexity index is 585. The molecule has 24 heavy (non-hydrogen) atoms. The van der Waals surface area contributed by atoms with Crippen LogP contribution in [0.2, 0.25) is 0 Å². The molecular formula is C17H27N3O4. The summed E-state index contributed by atoms with van der Waals surface area (Å²) in [6.45, 7) is 6.77. The molecule has 0 saturated carbocycles. The lowest BCUT2D eigenvalue weighted by atomic mass is 9.91. The van der Waals surface area contributed by atoms with Crippen molar-refractivity contribution in [1.82, 2.24) is 14.7 Å². The second kappa shape index (κ2) is 7.34. The summed E-state index contributed by atoms with van der Waals surface area (Å²) in [6.07, 6.45) is 3.78. The number of carbonyl (C=O) groups is 2. The fourth-order valence-corrected chi connectivity index (χ4v) is 2.86. The molecule has 1 unspecified atom stereocenters. The first-order valence-electron chi connectivity index (χ1n) is 8.25. The molecule has 2 heterocycles. The Balaban J connectivity index is 2.26. The van der Waals surface area contributed by atoms with Crippen LogP contribution in [0.3, 0.4) is 0 Å². The number of hydrogen-bond acceptors (Lipinski definition) is 5. The minimum atomic E-state index is -0.716. The first kappa shape index (κ1) is 18.4. The summed E-state index contributed by atoms with van der Waals surface area (Å²) in [4.78, 5) is 25.4. The fourth-order valence-electron chi connectivity index (χ4n) is 2.86. The zero-order valence-electron chi connectivity index (χ0n) is 15.1. The summed E-state index contributed by atoms with van der Waals surface area (Å²) in [5, 5.41) is 4.54. The number of aryl methyl sites for hydroxylation is 1. The molecule has 0 spiro atoms. The molecule has 7 nitrogen and oxygen atoms in total. The monoisotopic (exact) mass is 337 g/mol. The molecule has 1 aliphatic rings. The third-order valence-electron chi connectivity index (χ3n) is 4.04. The number of hydrogen-bond donors (Lipinski definition) is 0. The van der Waals surface area contributed by atoms with E-state index in [1.54, 1.807) is 32.5 Å². The average molecular weight is 337 g/mol. The normalized spacial score (nSPS) is 17.4. The van der Waals surface area contributed by atoms with Gasteiger partial charge in [0.2, 0.25) is 0 Å². The third kappa shape index (κ3) is 4.35. The Morgan fingerprint density at radius 2 is 2.08 bits per heavy atom. The first-order valence-corrected chi connectivity index (χ1v) is 8.25. The molecule has 0 aromatic carbocycles. The van der Waals surface area contributed by atoms with Gasteiger partial charge in [0.25, 0.3) is 0 Å². The van der Waals surface area contributed by atoms with E-state index in [4.69, 9.17) is 9.47 Å². The number of carbonyl (C=O) groups excluding carboxylic acids is 2. The maximum atomic E-state index is 12.3. The van der Waals surface area contributed by atoms with Gasteiger partial charge in [0, 0.05) is 45.0 Å². The summed E-state index contributed by atoms with van der Waals surface area (Å²) in [5.41, 5.74) is 1.01. The van der Waals surface area contributed by atoms with E-state index in [0.717, 1.165) is 30.4 Å². The molecule has 0 N–H and O–H groups in total. The summed E-state index contributed by atoms with van der Waals surface area (Å²) >= 11 is 0. The molecule has 134 valence electrons. The lowest BCUT2D eigenvalue weighted by Gasteiger charge is -2.29. The average Bonchev–Trinajstić information content (AvgIpc) is 2.89. The van der Waals surface area contributed by atoms with Crippen molar-refractivity contribution in [2.24, 2.45) is 7.05 Å². The van der Waals surface area contributed by atoms with E-state index in [-0.39, 0.29) is 5.92 Å². The molecule has 1 aliphatic heterocycles. The Labute approximate surface area is 142 Å². The highest BCUT2D eigenvalue weighted by Crippen LogP contribution is 2.32. The number of ether oxygens (including phenoxy) is 2. The van der Waals surface area contributed by atoms with Gasteiger partial charge in [-0.2, -0.15) is 5.10 Å². The summed E-state index contributed by atoms with van der Waals surface area (Å²) < 4.78 is 12.5. The topological polar surface area (TPSA) is 73.7 Å². The van der Waals surface area contributed by atoms with Crippen molar-refractivity contribution >= 4 is 12.4 Å². The molecule has 1 fully saturated rings. The van der Waals surface area contributed by atoms with Crippen LogP contribution in [0.4, 0.5) is 4.79 Å². The Morgan fingerprint density at radius 3 is 2.62 bits per heavy atom. The smallest absolute Gasteiger partial charge is 0.410 e. The number of aldehydes is 1. The lowest BCUT2D eigenvalue weighted by molar-refractivity contribution is -0.112. The van der Waals surface area contributed by atoms with Crippen LogP contribution in [-0.2, 0) is 21.3 Å². The van der Waals surface area contributed by atoms with Gasteiger partial charge >= 0.3 is 6.09 Å².